The quantitative estimate of drug-likeness (QED) is 0.319. The molecule has 1 amide bonds. The molecule has 2 N–H and O–H groups in total. The number of benzene rings is 1. The molecule has 1 aromatic carbocycles. The fraction of sp³-hybridized carbons (Fsp3) is 0.385. The van der Waals surface area contributed by atoms with Gasteiger partial charge < -0.3 is 24.7 Å². The number of carbonyl (C=O) groups excluding carboxylic acids is 1. The zero-order valence-electron chi connectivity index (χ0n) is 21.2. The second kappa shape index (κ2) is 8.79. The standard InChI is InChI=1S/C26H22ClF4N7O3/c27-17-2-1-14(20-34-23(41-35-20)37-12-26(30,31)13-37)5-18(17)33-21(39)16-7-32-38-4-3-15(6-19(16)38)36-10-24(11-36)8-25(40,9-24)22(28)29/h1-7,22,40H,8-13H2,(H,33,39). The van der Waals surface area contributed by atoms with Gasteiger partial charge in [0.05, 0.1) is 41.1 Å². The number of rotatable bonds is 6. The van der Waals surface area contributed by atoms with Crippen LogP contribution in [0.15, 0.2) is 47.2 Å². The summed E-state index contributed by atoms with van der Waals surface area (Å²) in [4.78, 5) is 20.7. The lowest BCUT2D eigenvalue weighted by molar-refractivity contribution is -0.209. The van der Waals surface area contributed by atoms with Crippen LogP contribution in [0, 0.1) is 5.41 Å². The molecule has 3 fully saturated rings. The van der Waals surface area contributed by atoms with E-state index in [0.717, 1.165) is 5.69 Å². The summed E-state index contributed by atoms with van der Waals surface area (Å²) in [6, 6.07) is 8.31. The average molecular weight is 592 g/mol. The third kappa shape index (κ3) is 4.36. The predicted molar refractivity (Wildman–Crippen MR) is 140 cm³/mol. The molecule has 1 saturated carbocycles. The number of fused-ring (bicyclic) bond motifs is 1. The number of aromatic nitrogens is 4. The third-order valence-electron chi connectivity index (χ3n) is 7.94. The summed E-state index contributed by atoms with van der Waals surface area (Å²) in [6.07, 6.45) is 0.503. The van der Waals surface area contributed by atoms with E-state index in [9.17, 15) is 27.5 Å². The maximum absolute atomic E-state index is 13.3. The van der Waals surface area contributed by atoms with Gasteiger partial charge in [-0.15, -0.1) is 0 Å². The number of pyridine rings is 1. The molecule has 1 spiro atoms. The number of hydrogen-bond acceptors (Lipinski definition) is 8. The minimum Gasteiger partial charge on any atom is -0.384 e. The Kier molecular flexibility index (Phi) is 5.58. The average Bonchev–Trinajstić information content (AvgIpc) is 3.52. The van der Waals surface area contributed by atoms with Crippen LogP contribution in [0.5, 0.6) is 0 Å². The van der Waals surface area contributed by atoms with Crippen LogP contribution in [0.2, 0.25) is 5.02 Å². The molecule has 1 aliphatic carbocycles. The molecule has 10 nitrogen and oxygen atoms in total. The van der Waals surface area contributed by atoms with Crippen molar-refractivity contribution in [1.29, 1.82) is 0 Å². The lowest BCUT2D eigenvalue weighted by atomic mass is 9.55. The second-order valence-electron chi connectivity index (χ2n) is 11.1. The van der Waals surface area contributed by atoms with Crippen molar-refractivity contribution < 1.29 is 32.0 Å². The van der Waals surface area contributed by atoms with Gasteiger partial charge in [0.2, 0.25) is 5.82 Å². The third-order valence-corrected chi connectivity index (χ3v) is 8.27. The van der Waals surface area contributed by atoms with E-state index < -0.39 is 36.9 Å². The summed E-state index contributed by atoms with van der Waals surface area (Å²) in [6.45, 7) is 0.0692. The van der Waals surface area contributed by atoms with Gasteiger partial charge >= 0.3 is 6.01 Å². The molecule has 214 valence electrons. The summed E-state index contributed by atoms with van der Waals surface area (Å²) in [5, 5.41) is 21.1. The van der Waals surface area contributed by atoms with Gasteiger partial charge in [0, 0.05) is 36.0 Å². The van der Waals surface area contributed by atoms with Crippen LogP contribution < -0.4 is 15.1 Å². The number of aliphatic hydroxyl groups is 1. The number of nitrogens with zero attached hydrogens (tertiary/aromatic N) is 6. The van der Waals surface area contributed by atoms with Crippen molar-refractivity contribution in [2.75, 3.05) is 41.3 Å². The molecule has 2 aliphatic heterocycles. The fourth-order valence-electron chi connectivity index (χ4n) is 5.97. The molecule has 0 unspecified atom stereocenters. The van der Waals surface area contributed by atoms with E-state index in [1.807, 2.05) is 11.0 Å². The van der Waals surface area contributed by atoms with Gasteiger partial charge in [0.1, 0.15) is 5.60 Å². The Bertz CT molecular complexity index is 1670. The second-order valence-corrected chi connectivity index (χ2v) is 11.6. The molecule has 3 aliphatic rings. The highest BCUT2D eigenvalue weighted by Crippen LogP contribution is 2.56. The predicted octanol–water partition coefficient (Wildman–Crippen LogP) is 4.34. The Balaban J connectivity index is 1.07. The van der Waals surface area contributed by atoms with E-state index in [2.05, 4.69) is 20.6 Å². The first-order chi connectivity index (χ1) is 19.4. The molecular formula is C26H22ClF4N7O3. The molecule has 0 radical (unpaired) electrons. The zero-order chi connectivity index (χ0) is 28.7. The van der Waals surface area contributed by atoms with Gasteiger partial charge in [0.25, 0.3) is 18.3 Å². The minimum absolute atomic E-state index is 0.0243. The van der Waals surface area contributed by atoms with Gasteiger partial charge in [-0.2, -0.15) is 10.1 Å². The SMILES string of the molecule is O=C(Nc1cc(-c2noc(N3CC(F)(F)C3)n2)ccc1Cl)c1cnn2ccc(N3CC4(C3)CC(O)(C(F)F)C4)cc12. The molecule has 4 aromatic rings. The number of nitrogens with one attached hydrogen (secondary N) is 1. The Morgan fingerprint density at radius 3 is 2.56 bits per heavy atom. The molecule has 41 heavy (non-hydrogen) atoms. The lowest BCUT2D eigenvalue weighted by Crippen LogP contribution is -2.70. The van der Waals surface area contributed by atoms with Gasteiger partial charge in [-0.05, 0) is 43.2 Å². The van der Waals surface area contributed by atoms with E-state index in [4.69, 9.17) is 16.1 Å². The molecule has 2 saturated heterocycles. The van der Waals surface area contributed by atoms with Crippen LogP contribution in [-0.4, -0.2) is 74.9 Å². The number of carbonyl (C=O) groups is 1. The summed E-state index contributed by atoms with van der Waals surface area (Å²) >= 11 is 6.34. The van der Waals surface area contributed by atoms with Crippen molar-refractivity contribution in [2.45, 2.75) is 30.8 Å². The molecule has 0 atom stereocenters. The van der Waals surface area contributed by atoms with Crippen molar-refractivity contribution in [3.05, 3.63) is 53.3 Å². The number of anilines is 3. The molecule has 15 heteroatoms. The van der Waals surface area contributed by atoms with Crippen LogP contribution in [0.25, 0.3) is 16.9 Å². The van der Waals surface area contributed by atoms with E-state index in [1.54, 1.807) is 35.0 Å². The van der Waals surface area contributed by atoms with E-state index in [-0.39, 0.29) is 46.4 Å². The molecular weight excluding hydrogens is 570 g/mol. The topological polar surface area (TPSA) is 112 Å². The van der Waals surface area contributed by atoms with Crippen LogP contribution in [0.1, 0.15) is 23.2 Å². The first kappa shape index (κ1) is 26.0. The van der Waals surface area contributed by atoms with Crippen LogP contribution in [-0.2, 0) is 0 Å². The van der Waals surface area contributed by atoms with Crippen molar-refractivity contribution in [2.24, 2.45) is 5.41 Å². The van der Waals surface area contributed by atoms with Gasteiger partial charge in [0.15, 0.2) is 0 Å². The monoisotopic (exact) mass is 591 g/mol. The molecule has 7 rings (SSSR count). The van der Waals surface area contributed by atoms with E-state index in [0.29, 0.717) is 24.2 Å². The number of hydrogen-bond donors (Lipinski definition) is 2. The maximum Gasteiger partial charge on any atom is 0.324 e. The summed E-state index contributed by atoms with van der Waals surface area (Å²) in [5.74, 6) is -3.12. The Labute approximate surface area is 234 Å². The number of halogens is 5. The van der Waals surface area contributed by atoms with Crippen molar-refractivity contribution in [3.63, 3.8) is 0 Å². The molecule has 5 heterocycles. The summed E-state index contributed by atoms with van der Waals surface area (Å²) < 4.78 is 59.1. The summed E-state index contributed by atoms with van der Waals surface area (Å²) in [5.41, 5.74) is 0.115. The first-order valence-corrected chi connectivity index (χ1v) is 13.1. The first-order valence-electron chi connectivity index (χ1n) is 12.7. The van der Waals surface area contributed by atoms with E-state index >= 15 is 0 Å². The Hall–Kier alpha value is -3.91. The highest BCUT2D eigenvalue weighted by atomic mass is 35.5. The lowest BCUT2D eigenvalue weighted by Gasteiger charge is -2.62. The smallest absolute Gasteiger partial charge is 0.324 e. The summed E-state index contributed by atoms with van der Waals surface area (Å²) in [7, 11) is 0. The minimum atomic E-state index is -2.79. The van der Waals surface area contributed by atoms with E-state index in [1.165, 1.54) is 11.1 Å². The van der Waals surface area contributed by atoms with Crippen LogP contribution >= 0.6 is 11.6 Å². The highest BCUT2D eigenvalue weighted by molar-refractivity contribution is 6.34. The Morgan fingerprint density at radius 2 is 1.85 bits per heavy atom. The molecule has 3 aromatic heterocycles. The number of alkyl halides is 4. The Morgan fingerprint density at radius 1 is 1.10 bits per heavy atom. The van der Waals surface area contributed by atoms with Crippen LogP contribution in [0.3, 0.4) is 0 Å². The van der Waals surface area contributed by atoms with Gasteiger partial charge in [-0.3, -0.25) is 4.79 Å². The fourth-order valence-corrected chi connectivity index (χ4v) is 6.14. The van der Waals surface area contributed by atoms with Crippen LogP contribution in [0.4, 0.5) is 35.0 Å². The molecule has 0 bridgehead atoms. The zero-order valence-corrected chi connectivity index (χ0v) is 22.0. The highest BCUT2D eigenvalue weighted by Gasteiger charge is 2.63. The largest absolute Gasteiger partial charge is 0.384 e. The van der Waals surface area contributed by atoms with Gasteiger partial charge in [-0.25, -0.2) is 22.1 Å². The van der Waals surface area contributed by atoms with Crippen molar-refractivity contribution >= 4 is 40.4 Å². The van der Waals surface area contributed by atoms with Gasteiger partial charge in [-0.1, -0.05) is 16.8 Å². The normalized spacial score (nSPS) is 20.2. The number of amides is 1. The maximum atomic E-state index is 13.3. The van der Waals surface area contributed by atoms with Crippen molar-refractivity contribution in [3.8, 4) is 11.4 Å². The van der Waals surface area contributed by atoms with Crippen molar-refractivity contribution in [1.82, 2.24) is 19.8 Å².